The van der Waals surface area contributed by atoms with Crippen LogP contribution in [0.1, 0.15) is 18.2 Å². The van der Waals surface area contributed by atoms with E-state index in [0.29, 0.717) is 42.0 Å². The van der Waals surface area contributed by atoms with Crippen LogP contribution in [-0.4, -0.2) is 60.0 Å². The minimum absolute atomic E-state index is 0.282. The lowest BCUT2D eigenvalue weighted by Crippen LogP contribution is -2.53. The molecule has 30 heavy (non-hydrogen) atoms. The largest absolute Gasteiger partial charge is 0.378 e. The fraction of sp³-hybridized carbons (Fsp3) is 0.333. The fourth-order valence-corrected chi connectivity index (χ4v) is 4.07. The van der Waals surface area contributed by atoms with Gasteiger partial charge in [0.05, 0.1) is 37.3 Å². The second kappa shape index (κ2) is 7.37. The maximum Gasteiger partial charge on any atom is 0.331 e. The third kappa shape index (κ3) is 3.12. The molecule has 1 unspecified atom stereocenters. The van der Waals surface area contributed by atoms with Crippen molar-refractivity contribution >= 4 is 40.7 Å². The monoisotopic (exact) mass is 425 g/mol. The van der Waals surface area contributed by atoms with Gasteiger partial charge < -0.3 is 9.64 Å². The van der Waals surface area contributed by atoms with Gasteiger partial charge in [0.2, 0.25) is 0 Å². The van der Waals surface area contributed by atoms with Crippen LogP contribution in [0.5, 0.6) is 0 Å². The first-order valence-electron chi connectivity index (χ1n) is 9.84. The Labute approximate surface area is 178 Å². The average molecular weight is 426 g/mol. The third-order valence-corrected chi connectivity index (χ3v) is 5.86. The number of hydrogen-bond acceptors (Lipinski definition) is 5. The van der Waals surface area contributed by atoms with Crippen LogP contribution in [-0.2, 0) is 16.1 Å². The molecule has 5 rings (SSSR count). The molecule has 3 aliphatic heterocycles. The summed E-state index contributed by atoms with van der Waals surface area (Å²) in [5.74, 6) is -0.00918. The van der Waals surface area contributed by atoms with Gasteiger partial charge in [-0.3, -0.25) is 14.6 Å². The molecule has 0 radical (unpaired) electrons. The molecule has 0 saturated carbocycles. The first kappa shape index (κ1) is 19.0. The standard InChI is InChI=1S/C21H20ClN5O3/c1-13-20(28)24-19-18-17(10-16(11-23-18)25-6-8-30-9-7-25)26(21(29)27(13)19)12-14-2-4-15(22)5-3-14/h2-5,10-11,13H,6-9,12H2,1H3. The van der Waals surface area contributed by atoms with E-state index in [1.807, 2.05) is 18.2 Å². The Balaban J connectivity index is 1.59. The number of benzene rings is 1. The summed E-state index contributed by atoms with van der Waals surface area (Å²) in [4.78, 5) is 39.7. The fourth-order valence-electron chi connectivity index (χ4n) is 3.94. The molecule has 0 spiro atoms. The number of carbonyl (C=O) groups excluding carboxylic acids is 2. The minimum Gasteiger partial charge on any atom is -0.378 e. The summed E-state index contributed by atoms with van der Waals surface area (Å²) >= 11 is 6.01. The number of morpholine rings is 1. The molecule has 0 N–H and O–H groups in total. The van der Waals surface area contributed by atoms with Gasteiger partial charge in [-0.15, -0.1) is 0 Å². The van der Waals surface area contributed by atoms with Crippen molar-refractivity contribution in [2.75, 3.05) is 36.1 Å². The Bertz CT molecular complexity index is 1050. The van der Waals surface area contributed by atoms with E-state index < -0.39 is 6.04 Å². The molecule has 1 fully saturated rings. The Morgan fingerprint density at radius 3 is 2.63 bits per heavy atom. The normalized spacial score (nSPS) is 20.9. The molecule has 8 nitrogen and oxygen atoms in total. The molecule has 1 atom stereocenters. The number of urea groups is 1. The van der Waals surface area contributed by atoms with Gasteiger partial charge in [0, 0.05) is 18.1 Å². The summed E-state index contributed by atoms with van der Waals surface area (Å²) < 4.78 is 5.44. The van der Waals surface area contributed by atoms with Crippen LogP contribution in [0, 0.1) is 0 Å². The van der Waals surface area contributed by atoms with Crippen molar-refractivity contribution in [1.29, 1.82) is 0 Å². The van der Waals surface area contributed by atoms with E-state index in [0.717, 1.165) is 24.3 Å². The lowest BCUT2D eigenvalue weighted by molar-refractivity contribution is -0.119. The summed E-state index contributed by atoms with van der Waals surface area (Å²) in [7, 11) is 0. The van der Waals surface area contributed by atoms with Crippen LogP contribution in [0.3, 0.4) is 0 Å². The number of amides is 3. The van der Waals surface area contributed by atoms with Crippen molar-refractivity contribution in [1.82, 2.24) is 9.88 Å². The second-order valence-electron chi connectivity index (χ2n) is 7.48. The Morgan fingerprint density at radius 1 is 1.17 bits per heavy atom. The molecular weight excluding hydrogens is 406 g/mol. The van der Waals surface area contributed by atoms with Gasteiger partial charge in [0.15, 0.2) is 5.84 Å². The molecule has 1 saturated heterocycles. The summed E-state index contributed by atoms with van der Waals surface area (Å²) in [5, 5.41) is 0.633. The molecule has 3 aliphatic rings. The number of nitrogens with zero attached hydrogens (tertiary/aromatic N) is 5. The van der Waals surface area contributed by atoms with E-state index in [-0.39, 0.29) is 11.9 Å². The van der Waals surface area contributed by atoms with Crippen LogP contribution in [0.4, 0.5) is 16.2 Å². The van der Waals surface area contributed by atoms with Gasteiger partial charge in [-0.2, -0.15) is 4.99 Å². The highest BCUT2D eigenvalue weighted by Crippen LogP contribution is 2.35. The molecule has 154 valence electrons. The van der Waals surface area contributed by atoms with Crippen LogP contribution >= 0.6 is 11.6 Å². The van der Waals surface area contributed by atoms with Crippen LogP contribution in [0.25, 0.3) is 0 Å². The number of carbonyl (C=O) groups is 2. The van der Waals surface area contributed by atoms with Gasteiger partial charge in [0.1, 0.15) is 11.7 Å². The van der Waals surface area contributed by atoms with E-state index in [2.05, 4.69) is 14.9 Å². The summed E-state index contributed by atoms with van der Waals surface area (Å²) in [5.41, 5.74) is 3.03. The molecule has 4 heterocycles. The number of ether oxygens (including phenoxy) is 1. The maximum absolute atomic E-state index is 13.4. The number of hydrogen-bond donors (Lipinski definition) is 0. The lowest BCUT2D eigenvalue weighted by atomic mass is 10.1. The third-order valence-electron chi connectivity index (χ3n) is 5.61. The van der Waals surface area contributed by atoms with Crippen LogP contribution in [0.2, 0.25) is 5.02 Å². The Morgan fingerprint density at radius 2 is 1.90 bits per heavy atom. The quantitative estimate of drug-likeness (QED) is 0.755. The van der Waals surface area contributed by atoms with E-state index in [9.17, 15) is 9.59 Å². The van der Waals surface area contributed by atoms with Gasteiger partial charge in [-0.05, 0) is 30.7 Å². The van der Waals surface area contributed by atoms with Crippen LogP contribution in [0.15, 0.2) is 41.5 Å². The summed E-state index contributed by atoms with van der Waals surface area (Å²) in [6.45, 7) is 4.84. The number of halogens is 1. The molecule has 1 aromatic heterocycles. The van der Waals surface area contributed by atoms with Gasteiger partial charge in [0.25, 0.3) is 5.91 Å². The maximum atomic E-state index is 13.4. The molecule has 9 heteroatoms. The van der Waals surface area contributed by atoms with Crippen molar-refractivity contribution in [2.24, 2.45) is 4.99 Å². The van der Waals surface area contributed by atoms with Gasteiger partial charge >= 0.3 is 6.03 Å². The zero-order chi connectivity index (χ0) is 20.8. The number of amidine groups is 1. The van der Waals surface area contributed by atoms with Crippen molar-refractivity contribution < 1.29 is 14.3 Å². The second-order valence-corrected chi connectivity index (χ2v) is 7.91. The number of aliphatic imine (C=N–C) groups is 1. The van der Waals surface area contributed by atoms with Gasteiger partial charge in [-0.1, -0.05) is 23.7 Å². The highest BCUT2D eigenvalue weighted by molar-refractivity contribution is 6.30. The van der Waals surface area contributed by atoms with E-state index in [4.69, 9.17) is 16.3 Å². The lowest BCUT2D eigenvalue weighted by Gasteiger charge is -2.37. The van der Waals surface area contributed by atoms with Crippen LogP contribution < -0.4 is 9.80 Å². The topological polar surface area (TPSA) is 78.3 Å². The average Bonchev–Trinajstić information content (AvgIpc) is 3.07. The van der Waals surface area contributed by atoms with Crippen molar-refractivity contribution in [3.05, 3.63) is 52.8 Å². The zero-order valence-electron chi connectivity index (χ0n) is 16.4. The first-order valence-corrected chi connectivity index (χ1v) is 10.2. The summed E-state index contributed by atoms with van der Waals surface area (Å²) in [6.07, 6.45) is 1.77. The highest BCUT2D eigenvalue weighted by atomic mass is 35.5. The number of anilines is 2. The highest BCUT2D eigenvalue weighted by Gasteiger charge is 2.45. The molecule has 1 aromatic carbocycles. The van der Waals surface area contributed by atoms with Crippen molar-refractivity contribution in [2.45, 2.75) is 19.5 Å². The number of rotatable bonds is 3. The van der Waals surface area contributed by atoms with Crippen molar-refractivity contribution in [3.63, 3.8) is 0 Å². The van der Waals surface area contributed by atoms with Gasteiger partial charge in [-0.25, -0.2) is 9.78 Å². The van der Waals surface area contributed by atoms with E-state index in [1.54, 1.807) is 30.2 Å². The van der Waals surface area contributed by atoms with E-state index >= 15 is 0 Å². The van der Waals surface area contributed by atoms with Crippen molar-refractivity contribution in [3.8, 4) is 0 Å². The Hall–Kier alpha value is -2.97. The molecular formula is C21H20ClN5O3. The minimum atomic E-state index is -0.644. The number of aromatic nitrogens is 1. The molecule has 3 amide bonds. The smallest absolute Gasteiger partial charge is 0.331 e. The van der Waals surface area contributed by atoms with E-state index in [1.165, 1.54) is 4.90 Å². The number of pyridine rings is 1. The Kier molecular flexibility index (Phi) is 4.67. The first-order chi connectivity index (χ1) is 14.5. The molecule has 0 bridgehead atoms. The predicted octanol–water partition coefficient (Wildman–Crippen LogP) is 2.69. The SMILES string of the molecule is CC1C(=O)N=C2c3ncc(N4CCOCC4)cc3N(Cc3ccc(Cl)cc3)C(=O)N21. The predicted molar refractivity (Wildman–Crippen MR) is 113 cm³/mol. The molecule has 0 aliphatic carbocycles. The zero-order valence-corrected chi connectivity index (χ0v) is 17.2. The number of fused-ring (bicyclic) bond motifs is 3. The summed E-state index contributed by atoms with van der Waals surface area (Å²) in [6, 6.07) is 8.39. The molecule has 2 aromatic rings.